The molecule has 0 aromatic carbocycles. The minimum Gasteiger partial charge on any atom is -0.467 e. The van der Waals surface area contributed by atoms with Crippen molar-refractivity contribution in [3.63, 3.8) is 0 Å². The Morgan fingerprint density at radius 3 is 1.69 bits per heavy atom. The SMILES string of the molecule is COC(=O)[C@@H]1[C@@H](C)OC(C)(C)N1C(=O)[C@@H](NC(=O)[C@@H]1[C@@H](C)OC(C)(C)N1C(=O)[C@@H](N)C(C)C)C(C)C. The molecule has 3 N–H and O–H groups in total. The quantitative estimate of drug-likeness (QED) is 0.481. The van der Waals surface area contributed by atoms with E-state index >= 15 is 0 Å². The minimum absolute atomic E-state index is 0.146. The summed E-state index contributed by atoms with van der Waals surface area (Å²) >= 11 is 0. The van der Waals surface area contributed by atoms with Crippen LogP contribution >= 0.6 is 0 Å². The molecule has 206 valence electrons. The molecule has 36 heavy (non-hydrogen) atoms. The summed E-state index contributed by atoms with van der Waals surface area (Å²) in [5.41, 5.74) is 3.97. The van der Waals surface area contributed by atoms with E-state index in [1.54, 1.807) is 55.4 Å². The zero-order chi connectivity index (χ0) is 27.9. The molecule has 0 saturated carbocycles. The third-order valence-corrected chi connectivity index (χ3v) is 6.97. The van der Waals surface area contributed by atoms with E-state index in [9.17, 15) is 19.2 Å². The lowest BCUT2D eigenvalue weighted by atomic mass is 9.98. The molecule has 2 saturated heterocycles. The minimum atomic E-state index is -1.11. The van der Waals surface area contributed by atoms with Crippen LogP contribution in [0, 0.1) is 11.8 Å². The normalized spacial score (nSPS) is 28.8. The van der Waals surface area contributed by atoms with Crippen LogP contribution in [0.15, 0.2) is 0 Å². The first-order valence-corrected chi connectivity index (χ1v) is 12.5. The highest BCUT2D eigenvalue weighted by Gasteiger charge is 2.55. The van der Waals surface area contributed by atoms with Gasteiger partial charge in [-0.3, -0.25) is 24.2 Å². The van der Waals surface area contributed by atoms with Crippen molar-refractivity contribution in [3.05, 3.63) is 0 Å². The van der Waals surface area contributed by atoms with Gasteiger partial charge >= 0.3 is 5.97 Å². The molecule has 0 aromatic rings. The fourth-order valence-electron chi connectivity index (χ4n) is 5.14. The van der Waals surface area contributed by atoms with Gasteiger partial charge in [0.2, 0.25) is 17.7 Å². The van der Waals surface area contributed by atoms with Crippen molar-refractivity contribution in [2.75, 3.05) is 7.11 Å². The fourth-order valence-corrected chi connectivity index (χ4v) is 5.14. The number of hydrogen-bond acceptors (Lipinski definition) is 8. The highest BCUT2D eigenvalue weighted by atomic mass is 16.6. The number of carbonyl (C=O) groups is 4. The fraction of sp³-hybridized carbons (Fsp3) is 0.840. The maximum atomic E-state index is 13.8. The van der Waals surface area contributed by atoms with E-state index in [2.05, 4.69) is 5.32 Å². The monoisotopic (exact) mass is 512 g/mol. The van der Waals surface area contributed by atoms with Gasteiger partial charge < -0.3 is 25.3 Å². The van der Waals surface area contributed by atoms with Crippen LogP contribution in [0.4, 0.5) is 0 Å². The molecular weight excluding hydrogens is 468 g/mol. The van der Waals surface area contributed by atoms with Gasteiger partial charge in [0, 0.05) is 0 Å². The number of amides is 3. The number of nitrogens with two attached hydrogens (primary N) is 1. The Hall–Kier alpha value is -2.24. The molecule has 2 rings (SSSR count). The third kappa shape index (κ3) is 5.52. The lowest BCUT2D eigenvalue weighted by molar-refractivity contribution is -0.160. The van der Waals surface area contributed by atoms with Crippen molar-refractivity contribution in [1.82, 2.24) is 15.1 Å². The Morgan fingerprint density at radius 2 is 1.28 bits per heavy atom. The van der Waals surface area contributed by atoms with E-state index in [-0.39, 0.29) is 11.8 Å². The van der Waals surface area contributed by atoms with Crippen LogP contribution in [0.2, 0.25) is 0 Å². The van der Waals surface area contributed by atoms with Gasteiger partial charge in [0.15, 0.2) is 6.04 Å². The molecule has 0 bridgehead atoms. The van der Waals surface area contributed by atoms with E-state index in [0.29, 0.717) is 0 Å². The van der Waals surface area contributed by atoms with Crippen LogP contribution in [0.3, 0.4) is 0 Å². The Bertz CT molecular complexity index is 872. The van der Waals surface area contributed by atoms with E-state index in [4.69, 9.17) is 19.9 Å². The Kier molecular flexibility index (Phi) is 8.85. The summed E-state index contributed by atoms with van der Waals surface area (Å²) in [6, 6.07) is -3.78. The summed E-state index contributed by atoms with van der Waals surface area (Å²) in [5, 5.41) is 2.83. The van der Waals surface area contributed by atoms with Crippen LogP contribution in [-0.2, 0) is 33.4 Å². The Labute approximate surface area is 214 Å². The van der Waals surface area contributed by atoms with E-state index in [1.807, 2.05) is 13.8 Å². The summed E-state index contributed by atoms with van der Waals surface area (Å²) in [4.78, 5) is 56.1. The standard InChI is InChI=1S/C25H44N4O7/c1-12(2)16(26)21(31)28-18(14(5)35-24(28,7)8)20(30)27-17(13(3)4)22(32)29-19(23(33)34-11)15(6)36-25(29,9)10/h12-19H,26H2,1-11H3,(H,27,30)/t14-,15-,16+,17+,18+,19+/m1/s1. The summed E-state index contributed by atoms with van der Waals surface area (Å²) in [5.74, 6) is -2.50. The maximum absolute atomic E-state index is 13.8. The summed E-state index contributed by atoms with van der Waals surface area (Å²) in [6.07, 6.45) is -1.24. The first-order chi connectivity index (χ1) is 16.4. The molecule has 11 nitrogen and oxygen atoms in total. The van der Waals surface area contributed by atoms with Crippen molar-refractivity contribution >= 4 is 23.7 Å². The van der Waals surface area contributed by atoms with Crippen molar-refractivity contribution < 1.29 is 33.4 Å². The van der Waals surface area contributed by atoms with E-state index in [1.165, 1.54) is 16.9 Å². The molecule has 6 atom stereocenters. The zero-order valence-electron chi connectivity index (χ0n) is 23.4. The van der Waals surface area contributed by atoms with Gasteiger partial charge in [0.05, 0.1) is 25.4 Å². The number of nitrogens with one attached hydrogen (secondary N) is 1. The molecule has 2 aliphatic heterocycles. The van der Waals surface area contributed by atoms with Gasteiger partial charge in [-0.2, -0.15) is 0 Å². The Morgan fingerprint density at radius 1 is 0.833 bits per heavy atom. The smallest absolute Gasteiger partial charge is 0.331 e. The van der Waals surface area contributed by atoms with Crippen LogP contribution in [0.25, 0.3) is 0 Å². The number of carbonyl (C=O) groups excluding carboxylic acids is 4. The second kappa shape index (κ2) is 10.6. The first-order valence-electron chi connectivity index (χ1n) is 12.5. The summed E-state index contributed by atoms with van der Waals surface area (Å²) < 4.78 is 16.8. The molecule has 0 radical (unpaired) electrons. The highest BCUT2D eigenvalue weighted by Crippen LogP contribution is 2.35. The molecule has 0 unspecified atom stereocenters. The van der Waals surface area contributed by atoms with Gasteiger partial charge in [-0.15, -0.1) is 0 Å². The van der Waals surface area contributed by atoms with Crippen LogP contribution in [0.1, 0.15) is 69.2 Å². The molecule has 0 aromatic heterocycles. The molecule has 2 aliphatic rings. The number of hydrogen-bond donors (Lipinski definition) is 2. The van der Waals surface area contributed by atoms with Crippen LogP contribution in [0.5, 0.6) is 0 Å². The molecular formula is C25H44N4O7. The zero-order valence-corrected chi connectivity index (χ0v) is 23.4. The van der Waals surface area contributed by atoms with Gasteiger partial charge in [-0.05, 0) is 53.4 Å². The number of esters is 1. The number of methoxy groups -OCH3 is 1. The average molecular weight is 513 g/mol. The molecule has 3 amide bonds. The van der Waals surface area contributed by atoms with Crippen molar-refractivity contribution in [3.8, 4) is 0 Å². The second-order valence-electron chi connectivity index (χ2n) is 11.4. The summed E-state index contributed by atoms with van der Waals surface area (Å²) in [7, 11) is 1.25. The lowest BCUT2D eigenvalue weighted by Crippen LogP contribution is -2.63. The van der Waals surface area contributed by atoms with E-state index < -0.39 is 71.5 Å². The lowest BCUT2D eigenvalue weighted by Gasteiger charge is -2.38. The number of nitrogens with zero attached hydrogens (tertiary/aromatic N) is 2. The van der Waals surface area contributed by atoms with Crippen LogP contribution in [-0.4, -0.2) is 88.4 Å². The maximum Gasteiger partial charge on any atom is 0.331 e. The average Bonchev–Trinajstić information content (AvgIpc) is 3.14. The highest BCUT2D eigenvalue weighted by molar-refractivity contribution is 5.95. The summed E-state index contributed by atoms with van der Waals surface area (Å²) in [6.45, 7) is 17.4. The predicted octanol–water partition coefficient (Wildman–Crippen LogP) is 0.988. The predicted molar refractivity (Wildman–Crippen MR) is 132 cm³/mol. The van der Waals surface area contributed by atoms with E-state index in [0.717, 1.165) is 0 Å². The molecule has 2 heterocycles. The molecule has 2 fully saturated rings. The van der Waals surface area contributed by atoms with Crippen molar-refractivity contribution in [2.24, 2.45) is 17.6 Å². The van der Waals surface area contributed by atoms with Gasteiger partial charge in [-0.1, -0.05) is 27.7 Å². The van der Waals surface area contributed by atoms with Crippen molar-refractivity contribution in [1.29, 1.82) is 0 Å². The van der Waals surface area contributed by atoms with Crippen LogP contribution < -0.4 is 11.1 Å². The van der Waals surface area contributed by atoms with Gasteiger partial charge in [-0.25, -0.2) is 4.79 Å². The van der Waals surface area contributed by atoms with Gasteiger partial charge in [0.1, 0.15) is 23.5 Å². The number of rotatable bonds is 7. The third-order valence-electron chi connectivity index (χ3n) is 6.97. The topological polar surface area (TPSA) is 140 Å². The Balaban J connectivity index is 2.40. The van der Waals surface area contributed by atoms with Gasteiger partial charge in [0.25, 0.3) is 0 Å². The first kappa shape index (κ1) is 30.0. The van der Waals surface area contributed by atoms with Crippen molar-refractivity contribution in [2.45, 2.75) is 117 Å². The molecule has 0 spiro atoms. The molecule has 0 aliphatic carbocycles. The second-order valence-corrected chi connectivity index (χ2v) is 11.4. The molecule has 11 heteroatoms. The number of ether oxygens (including phenoxy) is 3. The largest absolute Gasteiger partial charge is 0.467 e.